The number of nitrogens with one attached hydrogen (secondary N) is 1. The van der Waals surface area contributed by atoms with Crippen LogP contribution in [-0.2, 0) is 14.3 Å². The number of rotatable bonds is 8. The van der Waals surface area contributed by atoms with E-state index in [0.717, 1.165) is 0 Å². The monoisotopic (exact) mass is 300 g/mol. The Kier molecular flexibility index (Phi) is 7.00. The predicted octanol–water partition coefficient (Wildman–Crippen LogP) is 2.38. The number of aryl methyl sites for hydroxylation is 1. The average Bonchev–Trinajstić information content (AvgIpc) is 2.76. The van der Waals surface area contributed by atoms with E-state index in [-0.39, 0.29) is 11.9 Å². The SMILES string of the molecule is CCOC(=O)CCCNc1snc(C)c1C(=O)OCC. The van der Waals surface area contributed by atoms with Gasteiger partial charge >= 0.3 is 11.9 Å². The van der Waals surface area contributed by atoms with Crippen LogP contribution in [0.1, 0.15) is 42.7 Å². The van der Waals surface area contributed by atoms with Gasteiger partial charge in [-0.15, -0.1) is 0 Å². The normalized spacial score (nSPS) is 10.2. The number of ether oxygens (including phenoxy) is 2. The predicted molar refractivity (Wildman–Crippen MR) is 77.2 cm³/mol. The summed E-state index contributed by atoms with van der Waals surface area (Å²) in [5, 5.41) is 3.80. The second kappa shape index (κ2) is 8.52. The van der Waals surface area contributed by atoms with Gasteiger partial charge in [-0.2, -0.15) is 4.37 Å². The molecule has 0 fully saturated rings. The van der Waals surface area contributed by atoms with Crippen molar-refractivity contribution in [2.24, 2.45) is 0 Å². The summed E-state index contributed by atoms with van der Waals surface area (Å²) in [7, 11) is 0. The van der Waals surface area contributed by atoms with Crippen molar-refractivity contribution in [3.8, 4) is 0 Å². The zero-order valence-electron chi connectivity index (χ0n) is 12.0. The molecule has 7 heteroatoms. The van der Waals surface area contributed by atoms with Gasteiger partial charge in [0.25, 0.3) is 0 Å². The van der Waals surface area contributed by atoms with Gasteiger partial charge in [0.2, 0.25) is 0 Å². The Labute approximate surface area is 122 Å². The van der Waals surface area contributed by atoms with Crippen molar-refractivity contribution in [2.75, 3.05) is 25.1 Å². The average molecular weight is 300 g/mol. The number of aromatic nitrogens is 1. The number of carbonyl (C=O) groups is 2. The summed E-state index contributed by atoms with van der Waals surface area (Å²) in [6.45, 7) is 6.62. The summed E-state index contributed by atoms with van der Waals surface area (Å²) in [5.41, 5.74) is 1.13. The van der Waals surface area contributed by atoms with Crippen LogP contribution < -0.4 is 5.32 Å². The highest BCUT2D eigenvalue weighted by Crippen LogP contribution is 2.25. The molecule has 1 heterocycles. The fourth-order valence-electron chi connectivity index (χ4n) is 1.60. The third-order valence-electron chi connectivity index (χ3n) is 2.49. The van der Waals surface area contributed by atoms with Crippen molar-refractivity contribution in [1.82, 2.24) is 4.37 Å². The quantitative estimate of drug-likeness (QED) is 0.586. The number of carbonyl (C=O) groups excluding carboxylic acids is 2. The maximum Gasteiger partial charge on any atom is 0.343 e. The molecule has 0 unspecified atom stereocenters. The summed E-state index contributed by atoms with van der Waals surface area (Å²) in [5.74, 6) is -0.577. The standard InChI is InChI=1S/C13H20N2O4S/c1-4-18-10(16)7-6-8-14-12-11(9(3)15-20-12)13(17)19-5-2/h14H,4-8H2,1-3H3. The molecule has 0 aromatic carbocycles. The molecule has 0 aliphatic rings. The van der Waals surface area contributed by atoms with Crippen LogP contribution in [0.4, 0.5) is 5.00 Å². The molecule has 20 heavy (non-hydrogen) atoms. The van der Waals surface area contributed by atoms with Crippen LogP contribution in [0.3, 0.4) is 0 Å². The fourth-order valence-corrected chi connectivity index (χ4v) is 2.41. The second-order valence-corrected chi connectivity index (χ2v) is 4.80. The van der Waals surface area contributed by atoms with Gasteiger partial charge in [-0.1, -0.05) is 0 Å². The Balaban J connectivity index is 2.48. The van der Waals surface area contributed by atoms with Crippen molar-refractivity contribution in [3.63, 3.8) is 0 Å². The molecule has 0 saturated heterocycles. The first kappa shape index (κ1) is 16.4. The highest BCUT2D eigenvalue weighted by molar-refractivity contribution is 7.10. The first-order chi connectivity index (χ1) is 9.60. The maximum atomic E-state index is 11.8. The minimum atomic E-state index is -0.369. The third-order valence-corrected chi connectivity index (χ3v) is 3.39. The zero-order valence-corrected chi connectivity index (χ0v) is 12.8. The van der Waals surface area contributed by atoms with E-state index in [1.807, 2.05) is 0 Å². The number of esters is 2. The molecule has 6 nitrogen and oxygen atoms in total. The van der Waals surface area contributed by atoms with Crippen molar-refractivity contribution in [1.29, 1.82) is 0 Å². The van der Waals surface area contributed by atoms with E-state index in [1.54, 1.807) is 20.8 Å². The van der Waals surface area contributed by atoms with E-state index >= 15 is 0 Å². The Morgan fingerprint density at radius 2 is 1.95 bits per heavy atom. The smallest absolute Gasteiger partial charge is 0.343 e. The summed E-state index contributed by atoms with van der Waals surface area (Å²) in [4.78, 5) is 23.0. The zero-order chi connectivity index (χ0) is 15.0. The lowest BCUT2D eigenvalue weighted by molar-refractivity contribution is -0.143. The van der Waals surface area contributed by atoms with Gasteiger partial charge in [-0.25, -0.2) is 4.79 Å². The Bertz CT molecular complexity index is 459. The van der Waals surface area contributed by atoms with Gasteiger partial charge in [0, 0.05) is 13.0 Å². The van der Waals surface area contributed by atoms with E-state index < -0.39 is 0 Å². The Morgan fingerprint density at radius 3 is 2.60 bits per heavy atom. The van der Waals surface area contributed by atoms with E-state index in [2.05, 4.69) is 9.69 Å². The maximum absolute atomic E-state index is 11.8. The highest BCUT2D eigenvalue weighted by Gasteiger charge is 2.19. The van der Waals surface area contributed by atoms with E-state index in [1.165, 1.54) is 11.5 Å². The minimum absolute atomic E-state index is 0.208. The largest absolute Gasteiger partial charge is 0.466 e. The molecule has 0 atom stereocenters. The van der Waals surface area contributed by atoms with Crippen LogP contribution in [0.25, 0.3) is 0 Å². The molecule has 1 aromatic heterocycles. The Morgan fingerprint density at radius 1 is 1.25 bits per heavy atom. The van der Waals surface area contributed by atoms with Gasteiger partial charge in [0.15, 0.2) is 0 Å². The Hall–Kier alpha value is -1.63. The molecule has 0 aliphatic carbocycles. The molecular formula is C13H20N2O4S. The molecular weight excluding hydrogens is 280 g/mol. The number of hydrogen-bond donors (Lipinski definition) is 1. The summed E-state index contributed by atoms with van der Waals surface area (Å²) in [6, 6.07) is 0. The highest BCUT2D eigenvalue weighted by atomic mass is 32.1. The van der Waals surface area contributed by atoms with Gasteiger partial charge in [0.05, 0.1) is 18.9 Å². The topological polar surface area (TPSA) is 77.5 Å². The number of nitrogens with zero attached hydrogens (tertiary/aromatic N) is 1. The van der Waals surface area contributed by atoms with Crippen molar-refractivity contribution in [3.05, 3.63) is 11.3 Å². The molecule has 0 amide bonds. The molecule has 1 N–H and O–H groups in total. The van der Waals surface area contributed by atoms with Crippen molar-refractivity contribution < 1.29 is 19.1 Å². The van der Waals surface area contributed by atoms with E-state index in [4.69, 9.17) is 9.47 Å². The third kappa shape index (κ3) is 4.80. The van der Waals surface area contributed by atoms with Crippen LogP contribution >= 0.6 is 11.5 Å². The lowest BCUT2D eigenvalue weighted by atomic mass is 10.2. The van der Waals surface area contributed by atoms with Crippen LogP contribution in [-0.4, -0.2) is 36.1 Å². The van der Waals surface area contributed by atoms with Crippen molar-refractivity contribution in [2.45, 2.75) is 33.6 Å². The van der Waals surface area contributed by atoms with E-state index in [9.17, 15) is 9.59 Å². The first-order valence-electron chi connectivity index (χ1n) is 6.63. The first-order valence-corrected chi connectivity index (χ1v) is 7.40. The van der Waals surface area contributed by atoms with E-state index in [0.29, 0.717) is 48.9 Å². The molecule has 0 aliphatic heterocycles. The summed E-state index contributed by atoms with van der Waals surface area (Å²) in [6.07, 6.45) is 0.991. The molecule has 1 rings (SSSR count). The summed E-state index contributed by atoms with van der Waals surface area (Å²) < 4.78 is 14.0. The molecule has 1 aromatic rings. The fraction of sp³-hybridized carbons (Fsp3) is 0.615. The second-order valence-electron chi connectivity index (χ2n) is 4.03. The molecule has 112 valence electrons. The van der Waals surface area contributed by atoms with Gasteiger partial charge in [-0.3, -0.25) is 4.79 Å². The lowest BCUT2D eigenvalue weighted by Gasteiger charge is -2.06. The van der Waals surface area contributed by atoms with Crippen LogP contribution in [0.2, 0.25) is 0 Å². The van der Waals surface area contributed by atoms with Crippen LogP contribution in [0, 0.1) is 6.92 Å². The van der Waals surface area contributed by atoms with Gasteiger partial charge in [0.1, 0.15) is 10.6 Å². The van der Waals surface area contributed by atoms with Gasteiger partial charge in [-0.05, 0) is 38.7 Å². The van der Waals surface area contributed by atoms with Crippen LogP contribution in [0.15, 0.2) is 0 Å². The van der Waals surface area contributed by atoms with Crippen LogP contribution in [0.5, 0.6) is 0 Å². The number of hydrogen-bond acceptors (Lipinski definition) is 7. The molecule has 0 saturated carbocycles. The summed E-state index contributed by atoms with van der Waals surface area (Å²) >= 11 is 1.22. The van der Waals surface area contributed by atoms with Gasteiger partial charge < -0.3 is 14.8 Å². The molecule has 0 bridgehead atoms. The molecule has 0 radical (unpaired) electrons. The number of anilines is 1. The minimum Gasteiger partial charge on any atom is -0.466 e. The lowest BCUT2D eigenvalue weighted by Crippen LogP contribution is -2.11. The molecule has 0 spiro atoms. The van der Waals surface area contributed by atoms with Crippen molar-refractivity contribution >= 4 is 28.5 Å².